The fraction of sp³-hybridized carbons (Fsp3) is 0.222. The molecule has 0 unspecified atom stereocenters. The van der Waals surface area contributed by atoms with Gasteiger partial charge in [0.1, 0.15) is 5.82 Å². The number of nitrogens with two attached hydrogens (primary N) is 1. The summed E-state index contributed by atoms with van der Waals surface area (Å²) in [4.78, 5) is 10.8. The van der Waals surface area contributed by atoms with Gasteiger partial charge < -0.3 is 11.1 Å². The summed E-state index contributed by atoms with van der Waals surface area (Å²) in [5, 5.41) is 3.06. The van der Waals surface area contributed by atoms with Crippen LogP contribution in [0.4, 0.5) is 4.39 Å². The van der Waals surface area contributed by atoms with E-state index in [-0.39, 0.29) is 5.56 Å². The second kappa shape index (κ2) is 2.81. The highest BCUT2D eigenvalue weighted by Gasteiger charge is 2.16. The number of nitrogens with one attached hydrogen (secondary N) is 1. The van der Waals surface area contributed by atoms with E-state index in [2.05, 4.69) is 5.32 Å². The summed E-state index contributed by atoms with van der Waals surface area (Å²) < 4.78 is 13.2. The Kier molecular flexibility index (Phi) is 1.77. The zero-order valence-corrected chi connectivity index (χ0v) is 6.93. The van der Waals surface area contributed by atoms with Crippen molar-refractivity contribution in [2.75, 3.05) is 0 Å². The molecule has 1 aromatic carbocycles. The SMILES string of the molecule is NC(=O)c1cc2c(cc1F)CNC2. The van der Waals surface area contributed by atoms with Crippen LogP contribution in [0.1, 0.15) is 21.5 Å². The molecule has 0 aromatic heterocycles. The van der Waals surface area contributed by atoms with E-state index in [1.54, 1.807) is 0 Å². The van der Waals surface area contributed by atoms with Crippen LogP contribution in [0.2, 0.25) is 0 Å². The van der Waals surface area contributed by atoms with Crippen LogP contribution in [-0.2, 0) is 13.1 Å². The molecule has 68 valence electrons. The first-order valence-electron chi connectivity index (χ1n) is 4.00. The lowest BCUT2D eigenvalue weighted by atomic mass is 10.1. The van der Waals surface area contributed by atoms with Crippen LogP contribution in [0.25, 0.3) is 0 Å². The highest BCUT2D eigenvalue weighted by Crippen LogP contribution is 2.19. The van der Waals surface area contributed by atoms with Crippen molar-refractivity contribution in [3.8, 4) is 0 Å². The number of amides is 1. The monoisotopic (exact) mass is 180 g/mol. The minimum atomic E-state index is -0.716. The summed E-state index contributed by atoms with van der Waals surface area (Å²) in [6, 6.07) is 2.89. The summed E-state index contributed by atoms with van der Waals surface area (Å²) in [6.45, 7) is 1.33. The molecule has 0 aliphatic carbocycles. The number of hydrogen-bond acceptors (Lipinski definition) is 2. The summed E-state index contributed by atoms with van der Waals surface area (Å²) in [5.41, 5.74) is 6.84. The van der Waals surface area contributed by atoms with Crippen molar-refractivity contribution in [3.05, 3.63) is 34.6 Å². The van der Waals surface area contributed by atoms with Crippen molar-refractivity contribution in [3.63, 3.8) is 0 Å². The van der Waals surface area contributed by atoms with Gasteiger partial charge in [-0.2, -0.15) is 0 Å². The van der Waals surface area contributed by atoms with Crippen LogP contribution in [0, 0.1) is 5.82 Å². The van der Waals surface area contributed by atoms with Crippen molar-refractivity contribution >= 4 is 5.91 Å². The van der Waals surface area contributed by atoms with Crippen molar-refractivity contribution in [1.29, 1.82) is 0 Å². The molecule has 4 heteroatoms. The zero-order valence-electron chi connectivity index (χ0n) is 6.93. The molecule has 2 rings (SSSR count). The molecule has 13 heavy (non-hydrogen) atoms. The van der Waals surface area contributed by atoms with E-state index in [1.807, 2.05) is 0 Å². The number of rotatable bonds is 1. The molecule has 3 nitrogen and oxygen atoms in total. The normalized spacial score (nSPS) is 14.2. The van der Waals surface area contributed by atoms with E-state index >= 15 is 0 Å². The lowest BCUT2D eigenvalue weighted by Crippen LogP contribution is -2.13. The van der Waals surface area contributed by atoms with Gasteiger partial charge in [-0.1, -0.05) is 0 Å². The molecule has 0 atom stereocenters. The third-order valence-corrected chi connectivity index (χ3v) is 2.19. The fourth-order valence-corrected chi connectivity index (χ4v) is 1.51. The third kappa shape index (κ3) is 1.29. The molecule has 1 aliphatic heterocycles. The number of carbonyl (C=O) groups is 1. The molecule has 3 N–H and O–H groups in total. The Labute approximate surface area is 74.7 Å². The van der Waals surface area contributed by atoms with Gasteiger partial charge in [0.2, 0.25) is 0 Å². The molecular formula is C9H9FN2O. The van der Waals surface area contributed by atoms with E-state index in [1.165, 1.54) is 12.1 Å². The Morgan fingerprint density at radius 2 is 2.00 bits per heavy atom. The molecular weight excluding hydrogens is 171 g/mol. The smallest absolute Gasteiger partial charge is 0.251 e. The predicted molar refractivity (Wildman–Crippen MR) is 45.5 cm³/mol. The topological polar surface area (TPSA) is 55.1 Å². The Hall–Kier alpha value is -1.42. The van der Waals surface area contributed by atoms with E-state index in [9.17, 15) is 9.18 Å². The largest absolute Gasteiger partial charge is 0.366 e. The van der Waals surface area contributed by atoms with E-state index < -0.39 is 11.7 Å². The van der Waals surface area contributed by atoms with Gasteiger partial charge in [-0.25, -0.2) is 4.39 Å². The first kappa shape index (κ1) is 8.19. The van der Waals surface area contributed by atoms with Crippen molar-refractivity contribution < 1.29 is 9.18 Å². The van der Waals surface area contributed by atoms with Crippen LogP contribution >= 0.6 is 0 Å². The predicted octanol–water partition coefficient (Wildman–Crippen LogP) is 0.528. The number of benzene rings is 1. The lowest BCUT2D eigenvalue weighted by molar-refractivity contribution is 0.0996. The fourth-order valence-electron chi connectivity index (χ4n) is 1.51. The lowest BCUT2D eigenvalue weighted by Gasteiger charge is -2.02. The Morgan fingerprint density at radius 1 is 1.38 bits per heavy atom. The third-order valence-electron chi connectivity index (χ3n) is 2.19. The van der Waals surface area contributed by atoms with Crippen LogP contribution < -0.4 is 11.1 Å². The van der Waals surface area contributed by atoms with Crippen LogP contribution in [0.15, 0.2) is 12.1 Å². The van der Waals surface area contributed by atoms with E-state index in [0.29, 0.717) is 13.1 Å². The van der Waals surface area contributed by atoms with Gasteiger partial charge in [0, 0.05) is 13.1 Å². The molecule has 0 fully saturated rings. The van der Waals surface area contributed by atoms with Gasteiger partial charge in [0.05, 0.1) is 5.56 Å². The Morgan fingerprint density at radius 3 is 2.62 bits per heavy atom. The van der Waals surface area contributed by atoms with Gasteiger partial charge in [0.25, 0.3) is 5.91 Å². The van der Waals surface area contributed by atoms with Gasteiger partial charge in [-0.3, -0.25) is 4.79 Å². The van der Waals surface area contributed by atoms with Gasteiger partial charge in [0.15, 0.2) is 0 Å². The molecule has 1 amide bonds. The molecule has 0 saturated carbocycles. The number of hydrogen-bond donors (Lipinski definition) is 2. The number of primary amides is 1. The first-order chi connectivity index (χ1) is 6.18. The molecule has 1 heterocycles. The number of halogens is 1. The summed E-state index contributed by atoms with van der Waals surface area (Å²) in [7, 11) is 0. The zero-order chi connectivity index (χ0) is 9.42. The van der Waals surface area contributed by atoms with E-state index in [0.717, 1.165) is 11.1 Å². The second-order valence-corrected chi connectivity index (χ2v) is 3.07. The highest BCUT2D eigenvalue weighted by molar-refractivity contribution is 5.93. The van der Waals surface area contributed by atoms with Gasteiger partial charge in [-0.15, -0.1) is 0 Å². The molecule has 0 saturated heterocycles. The van der Waals surface area contributed by atoms with Gasteiger partial charge in [-0.05, 0) is 23.3 Å². The van der Waals surface area contributed by atoms with Crippen molar-refractivity contribution in [1.82, 2.24) is 5.32 Å². The minimum Gasteiger partial charge on any atom is -0.366 e. The maximum atomic E-state index is 13.2. The molecule has 0 radical (unpaired) electrons. The standard InChI is InChI=1S/C9H9FN2O/c10-8-2-6-4-12-3-5(6)1-7(8)9(11)13/h1-2,12H,3-4H2,(H2,11,13). The second-order valence-electron chi connectivity index (χ2n) is 3.07. The summed E-state index contributed by atoms with van der Waals surface area (Å²) >= 11 is 0. The first-order valence-corrected chi connectivity index (χ1v) is 4.00. The maximum Gasteiger partial charge on any atom is 0.251 e. The minimum absolute atomic E-state index is 0.0255. The average Bonchev–Trinajstić information content (AvgIpc) is 2.48. The number of fused-ring (bicyclic) bond motifs is 1. The molecule has 1 aliphatic rings. The van der Waals surface area contributed by atoms with Crippen molar-refractivity contribution in [2.45, 2.75) is 13.1 Å². The summed E-state index contributed by atoms with van der Waals surface area (Å²) in [6.07, 6.45) is 0. The highest BCUT2D eigenvalue weighted by atomic mass is 19.1. The number of carbonyl (C=O) groups excluding carboxylic acids is 1. The van der Waals surface area contributed by atoms with Crippen LogP contribution in [0.3, 0.4) is 0 Å². The Balaban J connectivity index is 2.55. The average molecular weight is 180 g/mol. The quantitative estimate of drug-likeness (QED) is 0.662. The van der Waals surface area contributed by atoms with Crippen molar-refractivity contribution in [2.24, 2.45) is 5.73 Å². The Bertz CT molecular complexity index is 376. The van der Waals surface area contributed by atoms with Crippen LogP contribution in [0.5, 0.6) is 0 Å². The molecule has 0 spiro atoms. The maximum absolute atomic E-state index is 13.2. The molecule has 0 bridgehead atoms. The molecule has 1 aromatic rings. The van der Waals surface area contributed by atoms with Crippen LogP contribution in [-0.4, -0.2) is 5.91 Å². The summed E-state index contributed by atoms with van der Waals surface area (Å²) in [5.74, 6) is -1.25. The van der Waals surface area contributed by atoms with Gasteiger partial charge >= 0.3 is 0 Å². The van der Waals surface area contributed by atoms with E-state index in [4.69, 9.17) is 5.73 Å².